The Morgan fingerprint density at radius 3 is 3.21 bits per heavy atom. The maximum Gasteiger partial charge on any atom is 0.134 e. The average Bonchev–Trinajstić information content (AvgIpc) is 2.66. The van der Waals surface area contributed by atoms with Crippen molar-refractivity contribution in [3.05, 3.63) is 23.7 Å². The fourth-order valence-corrected chi connectivity index (χ4v) is 2.07. The highest BCUT2D eigenvalue weighted by molar-refractivity contribution is 7.17. The zero-order valence-corrected chi connectivity index (χ0v) is 8.71. The fourth-order valence-electron chi connectivity index (χ4n) is 1.29. The summed E-state index contributed by atoms with van der Waals surface area (Å²) in [5, 5.41) is 15.3. The average molecular weight is 208 g/mol. The summed E-state index contributed by atoms with van der Waals surface area (Å²) in [6.45, 7) is 2.04. The highest BCUT2D eigenvalue weighted by Crippen LogP contribution is 2.25. The van der Waals surface area contributed by atoms with Gasteiger partial charge in [0.1, 0.15) is 5.82 Å². The molecule has 2 aromatic heterocycles. The number of hydrogen-bond donors (Lipinski definition) is 2. The standard InChI is InChI=1S/C10H12N2OS/c1-7(6-13)12-10-8-3-5-14-9(8)2-4-11-10/h2-5,7,13H,6H2,1H3,(H,11,12). The van der Waals surface area contributed by atoms with Gasteiger partial charge in [0.2, 0.25) is 0 Å². The van der Waals surface area contributed by atoms with Crippen LogP contribution in [-0.2, 0) is 0 Å². The molecule has 0 saturated carbocycles. The van der Waals surface area contributed by atoms with Crippen LogP contribution in [0.15, 0.2) is 23.7 Å². The number of pyridine rings is 1. The van der Waals surface area contributed by atoms with Gasteiger partial charge in [-0.3, -0.25) is 0 Å². The van der Waals surface area contributed by atoms with Crippen LogP contribution in [0.1, 0.15) is 6.92 Å². The molecule has 14 heavy (non-hydrogen) atoms. The van der Waals surface area contributed by atoms with Gasteiger partial charge in [-0.1, -0.05) is 0 Å². The number of fused-ring (bicyclic) bond motifs is 1. The first-order valence-electron chi connectivity index (χ1n) is 4.51. The smallest absolute Gasteiger partial charge is 0.134 e. The largest absolute Gasteiger partial charge is 0.394 e. The number of aliphatic hydroxyl groups is 1. The monoisotopic (exact) mass is 208 g/mol. The Hall–Kier alpha value is -1.13. The zero-order valence-electron chi connectivity index (χ0n) is 7.90. The van der Waals surface area contributed by atoms with E-state index in [1.165, 1.54) is 4.70 Å². The van der Waals surface area contributed by atoms with Crippen LogP contribution in [-0.4, -0.2) is 22.7 Å². The summed E-state index contributed by atoms with van der Waals surface area (Å²) in [7, 11) is 0. The predicted octanol–water partition coefficient (Wildman–Crippen LogP) is 2.09. The lowest BCUT2D eigenvalue weighted by molar-refractivity contribution is 0.281. The van der Waals surface area contributed by atoms with E-state index in [4.69, 9.17) is 5.11 Å². The normalized spacial score (nSPS) is 13.0. The van der Waals surface area contributed by atoms with Crippen LogP contribution < -0.4 is 5.32 Å². The molecule has 2 heterocycles. The molecule has 74 valence electrons. The Morgan fingerprint density at radius 2 is 2.43 bits per heavy atom. The summed E-state index contributed by atoms with van der Waals surface area (Å²) in [6.07, 6.45) is 1.78. The first-order chi connectivity index (χ1) is 6.81. The lowest BCUT2D eigenvalue weighted by atomic mass is 10.3. The van der Waals surface area contributed by atoms with Crippen molar-refractivity contribution in [1.82, 2.24) is 4.98 Å². The highest BCUT2D eigenvalue weighted by Gasteiger charge is 2.05. The molecule has 0 aromatic carbocycles. The number of anilines is 1. The number of aliphatic hydroxyl groups excluding tert-OH is 1. The van der Waals surface area contributed by atoms with Crippen LogP contribution >= 0.6 is 11.3 Å². The SMILES string of the molecule is CC(CO)Nc1nccc2sccc12. The van der Waals surface area contributed by atoms with Gasteiger partial charge in [-0.05, 0) is 24.4 Å². The molecule has 0 fully saturated rings. The van der Waals surface area contributed by atoms with Gasteiger partial charge in [0.05, 0.1) is 6.61 Å². The predicted molar refractivity (Wildman–Crippen MR) is 59.8 cm³/mol. The third kappa shape index (κ3) is 1.71. The summed E-state index contributed by atoms with van der Waals surface area (Å²) >= 11 is 1.69. The van der Waals surface area contributed by atoms with Gasteiger partial charge in [0.25, 0.3) is 0 Å². The lowest BCUT2D eigenvalue weighted by Crippen LogP contribution is -2.19. The molecule has 1 atom stereocenters. The Morgan fingerprint density at radius 1 is 1.57 bits per heavy atom. The number of nitrogens with one attached hydrogen (secondary N) is 1. The highest BCUT2D eigenvalue weighted by atomic mass is 32.1. The van der Waals surface area contributed by atoms with E-state index in [0.29, 0.717) is 0 Å². The van der Waals surface area contributed by atoms with Gasteiger partial charge >= 0.3 is 0 Å². The van der Waals surface area contributed by atoms with Crippen molar-refractivity contribution in [1.29, 1.82) is 0 Å². The number of nitrogens with zero attached hydrogens (tertiary/aromatic N) is 1. The molecule has 2 aromatic rings. The molecule has 3 nitrogen and oxygen atoms in total. The van der Waals surface area contributed by atoms with E-state index in [9.17, 15) is 0 Å². The molecule has 0 aliphatic heterocycles. The van der Waals surface area contributed by atoms with Crippen molar-refractivity contribution >= 4 is 27.2 Å². The molecule has 0 radical (unpaired) electrons. The van der Waals surface area contributed by atoms with Gasteiger partial charge in [-0.25, -0.2) is 4.98 Å². The Labute approximate surface area is 86.4 Å². The summed E-state index contributed by atoms with van der Waals surface area (Å²) in [5.41, 5.74) is 0. The van der Waals surface area contributed by atoms with E-state index in [-0.39, 0.29) is 12.6 Å². The molecule has 1 unspecified atom stereocenters. The maximum atomic E-state index is 8.93. The molecule has 2 N–H and O–H groups in total. The first-order valence-corrected chi connectivity index (χ1v) is 5.39. The molecular formula is C10H12N2OS. The molecule has 2 rings (SSSR count). The van der Waals surface area contributed by atoms with E-state index in [1.807, 2.05) is 24.4 Å². The molecule has 0 amide bonds. The summed E-state index contributed by atoms with van der Waals surface area (Å²) in [5.74, 6) is 0.852. The molecule has 0 bridgehead atoms. The Kier molecular flexibility index (Phi) is 2.65. The van der Waals surface area contributed by atoms with E-state index >= 15 is 0 Å². The second kappa shape index (κ2) is 3.94. The van der Waals surface area contributed by atoms with Crippen LogP contribution in [0.4, 0.5) is 5.82 Å². The number of aromatic nitrogens is 1. The molecule has 0 aliphatic carbocycles. The Bertz CT molecular complexity index is 427. The quantitative estimate of drug-likeness (QED) is 0.811. The maximum absolute atomic E-state index is 8.93. The molecular weight excluding hydrogens is 196 g/mol. The van der Waals surface area contributed by atoms with Crippen LogP contribution in [0.25, 0.3) is 10.1 Å². The Balaban J connectivity index is 2.36. The van der Waals surface area contributed by atoms with Crippen molar-refractivity contribution in [2.75, 3.05) is 11.9 Å². The second-order valence-electron chi connectivity index (χ2n) is 3.22. The van der Waals surface area contributed by atoms with Crippen molar-refractivity contribution < 1.29 is 5.11 Å². The van der Waals surface area contributed by atoms with E-state index < -0.39 is 0 Å². The summed E-state index contributed by atoms with van der Waals surface area (Å²) in [4.78, 5) is 4.25. The van der Waals surface area contributed by atoms with Crippen molar-refractivity contribution in [2.24, 2.45) is 0 Å². The molecule has 4 heteroatoms. The third-order valence-corrected chi connectivity index (χ3v) is 2.92. The minimum absolute atomic E-state index is 0.0352. The van der Waals surface area contributed by atoms with Crippen molar-refractivity contribution in [3.8, 4) is 0 Å². The van der Waals surface area contributed by atoms with Gasteiger partial charge in [-0.2, -0.15) is 0 Å². The second-order valence-corrected chi connectivity index (χ2v) is 4.17. The summed E-state index contributed by atoms with van der Waals surface area (Å²) < 4.78 is 1.22. The minimum atomic E-state index is 0.0352. The zero-order chi connectivity index (χ0) is 9.97. The lowest BCUT2D eigenvalue weighted by Gasteiger charge is -2.11. The van der Waals surface area contributed by atoms with Gasteiger partial charge in [-0.15, -0.1) is 11.3 Å². The van der Waals surface area contributed by atoms with Crippen LogP contribution in [0.5, 0.6) is 0 Å². The minimum Gasteiger partial charge on any atom is -0.394 e. The number of hydrogen-bond acceptors (Lipinski definition) is 4. The topological polar surface area (TPSA) is 45.1 Å². The number of thiophene rings is 1. The van der Waals surface area contributed by atoms with E-state index in [1.54, 1.807) is 17.5 Å². The van der Waals surface area contributed by atoms with Gasteiger partial charge in [0, 0.05) is 22.3 Å². The van der Waals surface area contributed by atoms with E-state index in [2.05, 4.69) is 10.3 Å². The van der Waals surface area contributed by atoms with Gasteiger partial charge in [0.15, 0.2) is 0 Å². The fraction of sp³-hybridized carbons (Fsp3) is 0.300. The summed E-state index contributed by atoms with van der Waals surface area (Å²) in [6, 6.07) is 4.07. The van der Waals surface area contributed by atoms with Crippen LogP contribution in [0, 0.1) is 0 Å². The number of rotatable bonds is 3. The van der Waals surface area contributed by atoms with E-state index in [0.717, 1.165) is 11.2 Å². The first kappa shape index (κ1) is 9.43. The third-order valence-electron chi connectivity index (χ3n) is 2.04. The van der Waals surface area contributed by atoms with Crippen LogP contribution in [0.3, 0.4) is 0 Å². The van der Waals surface area contributed by atoms with Crippen molar-refractivity contribution in [3.63, 3.8) is 0 Å². The van der Waals surface area contributed by atoms with Crippen molar-refractivity contribution in [2.45, 2.75) is 13.0 Å². The molecule has 0 saturated heterocycles. The molecule has 0 aliphatic rings. The van der Waals surface area contributed by atoms with Crippen LogP contribution in [0.2, 0.25) is 0 Å². The van der Waals surface area contributed by atoms with Gasteiger partial charge < -0.3 is 10.4 Å². The molecule has 0 spiro atoms.